The Morgan fingerprint density at radius 3 is 2.02 bits per heavy atom. The maximum Gasteiger partial charge on any atom is 0.336 e. The van der Waals surface area contributed by atoms with E-state index in [1.165, 1.54) is 13.8 Å². The van der Waals surface area contributed by atoms with E-state index in [1.807, 2.05) is 84.9 Å². The normalized spacial score (nSPS) is 12.8. The number of nitrogens with zero attached hydrogens (tertiary/aromatic N) is 6. The first-order valence-corrected chi connectivity index (χ1v) is 21.1. The van der Waals surface area contributed by atoms with E-state index < -0.39 is 23.1 Å². The number of carboxylic acids is 2. The Labute approximate surface area is 377 Å². The highest BCUT2D eigenvalue weighted by Gasteiger charge is 2.36. The fourth-order valence-corrected chi connectivity index (χ4v) is 7.07. The first kappa shape index (κ1) is 45.9. The number of benzene rings is 3. The number of aromatic nitrogens is 6. The second-order valence-corrected chi connectivity index (χ2v) is 17.7. The van der Waals surface area contributed by atoms with Crippen molar-refractivity contribution in [2.45, 2.75) is 78.9 Å². The van der Waals surface area contributed by atoms with Crippen molar-refractivity contribution >= 4 is 22.8 Å². The molecule has 0 spiro atoms. The zero-order valence-electron chi connectivity index (χ0n) is 37.9. The van der Waals surface area contributed by atoms with Gasteiger partial charge in [0.15, 0.2) is 11.2 Å². The molecule has 65 heavy (non-hydrogen) atoms. The molecule has 2 N–H and O–H groups in total. The van der Waals surface area contributed by atoms with Gasteiger partial charge in [0.25, 0.3) is 0 Å². The predicted molar refractivity (Wildman–Crippen MR) is 244 cm³/mol. The standard InChI is InChI=1S/C50H54N6O9/c1-48(2,3)31-63-38-15-11-13-32(21-38)44-25-37(29-64-49(4,5)46(57)58)54-56(44)42-17-12-16-41-33(18-20-52-45(41)42)27-50(6,47(59)60)65-30-36-24-43(34-22-39(61-7)26-40(23-34)62-8)55(53-36)28-35-14-9-10-19-51-35/h9-26H,27-31H2,1-8H3,(H,57,58)(H,59,60). The van der Waals surface area contributed by atoms with Crippen LogP contribution in [0.5, 0.6) is 17.2 Å². The van der Waals surface area contributed by atoms with Crippen molar-refractivity contribution in [3.05, 3.63) is 132 Å². The summed E-state index contributed by atoms with van der Waals surface area (Å²) in [5.74, 6) is -0.373. The van der Waals surface area contributed by atoms with Gasteiger partial charge < -0.3 is 33.9 Å². The minimum absolute atomic E-state index is 0.0120. The molecule has 0 fully saturated rings. The van der Waals surface area contributed by atoms with Crippen LogP contribution in [0.15, 0.2) is 109 Å². The summed E-state index contributed by atoms with van der Waals surface area (Å²) in [5.41, 5.74) is 3.43. The second kappa shape index (κ2) is 18.9. The average molecular weight is 883 g/mol. The fraction of sp³-hybridized carbons (Fsp3) is 0.320. The number of pyridine rings is 2. The molecule has 4 heterocycles. The van der Waals surface area contributed by atoms with Gasteiger partial charge in [0, 0.05) is 41.4 Å². The number of hydrogen-bond donors (Lipinski definition) is 2. The highest BCUT2D eigenvalue weighted by atomic mass is 16.5. The van der Waals surface area contributed by atoms with Crippen LogP contribution < -0.4 is 14.2 Å². The molecule has 0 bridgehead atoms. The maximum atomic E-state index is 13.2. The lowest BCUT2D eigenvalue weighted by Gasteiger charge is -2.26. The molecule has 15 nitrogen and oxygen atoms in total. The van der Waals surface area contributed by atoms with E-state index in [0.29, 0.717) is 69.6 Å². The summed E-state index contributed by atoms with van der Waals surface area (Å²) in [6.07, 6.45) is 3.35. The molecule has 15 heteroatoms. The summed E-state index contributed by atoms with van der Waals surface area (Å²) in [7, 11) is 3.17. The fourth-order valence-electron chi connectivity index (χ4n) is 7.07. The van der Waals surface area contributed by atoms with Gasteiger partial charge in [-0.1, -0.05) is 51.1 Å². The van der Waals surface area contributed by atoms with Gasteiger partial charge in [-0.25, -0.2) is 14.3 Å². The van der Waals surface area contributed by atoms with E-state index in [0.717, 1.165) is 22.5 Å². The third-order valence-electron chi connectivity index (χ3n) is 10.8. The van der Waals surface area contributed by atoms with Crippen LogP contribution in [0.4, 0.5) is 0 Å². The molecule has 1 unspecified atom stereocenters. The number of aliphatic carboxylic acids is 2. The van der Waals surface area contributed by atoms with Crippen LogP contribution in [-0.4, -0.2) is 83.7 Å². The Hall–Kier alpha value is -7.10. The molecule has 0 saturated carbocycles. The number of fused-ring (bicyclic) bond motifs is 1. The van der Waals surface area contributed by atoms with Crippen molar-refractivity contribution in [2.75, 3.05) is 20.8 Å². The molecule has 0 aliphatic carbocycles. The van der Waals surface area contributed by atoms with Gasteiger partial charge in [-0.3, -0.25) is 14.6 Å². The van der Waals surface area contributed by atoms with Crippen molar-refractivity contribution in [1.29, 1.82) is 0 Å². The number of para-hydroxylation sites is 1. The van der Waals surface area contributed by atoms with E-state index in [4.69, 9.17) is 38.9 Å². The van der Waals surface area contributed by atoms with Crippen molar-refractivity contribution in [1.82, 2.24) is 29.5 Å². The third-order valence-corrected chi connectivity index (χ3v) is 10.8. The summed E-state index contributed by atoms with van der Waals surface area (Å²) in [6, 6.07) is 30.0. The largest absolute Gasteiger partial charge is 0.497 e. The lowest BCUT2D eigenvalue weighted by atomic mass is 9.93. The van der Waals surface area contributed by atoms with Crippen LogP contribution in [-0.2, 0) is 45.2 Å². The van der Waals surface area contributed by atoms with Gasteiger partial charge in [-0.2, -0.15) is 10.2 Å². The minimum Gasteiger partial charge on any atom is -0.497 e. The Balaban J connectivity index is 1.22. The van der Waals surface area contributed by atoms with Crippen LogP contribution in [0.2, 0.25) is 0 Å². The van der Waals surface area contributed by atoms with Gasteiger partial charge in [-0.05, 0) is 92.4 Å². The third kappa shape index (κ3) is 10.8. The van der Waals surface area contributed by atoms with Crippen molar-refractivity contribution in [2.24, 2.45) is 5.41 Å². The summed E-state index contributed by atoms with van der Waals surface area (Å²) in [6.45, 7) is 11.5. The number of methoxy groups -OCH3 is 2. The molecule has 0 radical (unpaired) electrons. The van der Waals surface area contributed by atoms with Gasteiger partial charge in [0.05, 0.1) is 80.3 Å². The zero-order valence-corrected chi connectivity index (χ0v) is 37.9. The molecule has 0 saturated heterocycles. The Morgan fingerprint density at radius 2 is 1.34 bits per heavy atom. The molecule has 1 atom stereocenters. The van der Waals surface area contributed by atoms with E-state index >= 15 is 0 Å². The van der Waals surface area contributed by atoms with Gasteiger partial charge in [-0.15, -0.1) is 0 Å². The highest BCUT2D eigenvalue weighted by molar-refractivity contribution is 5.90. The molecule has 338 valence electrons. The SMILES string of the molecule is COc1cc(OC)cc(-c2cc(COC(C)(Cc3ccnc4c(-n5nc(COC(C)(C)C(=O)O)cc5-c5cccc(OCC(C)(C)C)c5)cccc34)C(=O)O)nn2Cc2ccccn2)c1. The topological polar surface area (TPSA) is 182 Å². The first-order valence-electron chi connectivity index (χ1n) is 21.1. The zero-order chi connectivity index (χ0) is 46.5. The lowest BCUT2D eigenvalue weighted by Crippen LogP contribution is -2.40. The van der Waals surface area contributed by atoms with Crippen LogP contribution >= 0.6 is 0 Å². The van der Waals surface area contributed by atoms with E-state index in [-0.39, 0.29) is 25.0 Å². The first-order chi connectivity index (χ1) is 30.9. The summed E-state index contributed by atoms with van der Waals surface area (Å²) in [5, 5.41) is 31.0. The summed E-state index contributed by atoms with van der Waals surface area (Å²) >= 11 is 0. The van der Waals surface area contributed by atoms with Crippen LogP contribution in [0.25, 0.3) is 39.1 Å². The number of hydrogen-bond acceptors (Lipinski definition) is 11. The maximum absolute atomic E-state index is 13.2. The molecule has 7 aromatic rings. The van der Waals surface area contributed by atoms with Crippen LogP contribution in [0, 0.1) is 5.41 Å². The van der Waals surface area contributed by atoms with Crippen molar-refractivity contribution in [3.63, 3.8) is 0 Å². The number of carbonyl (C=O) groups is 2. The Kier molecular flexibility index (Phi) is 13.4. The lowest BCUT2D eigenvalue weighted by molar-refractivity contribution is -0.165. The predicted octanol–water partition coefficient (Wildman–Crippen LogP) is 8.82. The number of ether oxygens (including phenoxy) is 5. The van der Waals surface area contributed by atoms with E-state index in [9.17, 15) is 19.8 Å². The van der Waals surface area contributed by atoms with Crippen LogP contribution in [0.1, 0.15) is 64.2 Å². The van der Waals surface area contributed by atoms with Crippen molar-refractivity contribution in [3.8, 4) is 45.5 Å². The smallest absolute Gasteiger partial charge is 0.336 e. The highest BCUT2D eigenvalue weighted by Crippen LogP contribution is 2.35. The average Bonchev–Trinajstić information content (AvgIpc) is 3.91. The molecular weight excluding hydrogens is 829 g/mol. The van der Waals surface area contributed by atoms with E-state index in [2.05, 4.69) is 25.8 Å². The molecule has 0 amide bonds. The molecule has 0 aliphatic heterocycles. The second-order valence-electron chi connectivity index (χ2n) is 17.7. The van der Waals surface area contributed by atoms with Crippen LogP contribution in [0.3, 0.4) is 0 Å². The molecule has 7 rings (SSSR count). The number of rotatable bonds is 19. The molecule has 3 aromatic carbocycles. The summed E-state index contributed by atoms with van der Waals surface area (Å²) in [4.78, 5) is 34.4. The van der Waals surface area contributed by atoms with Gasteiger partial charge in [0.1, 0.15) is 17.2 Å². The number of carboxylic acid groups (broad SMARTS) is 2. The molecule has 4 aromatic heterocycles. The molecule has 0 aliphatic rings. The minimum atomic E-state index is -1.69. The summed E-state index contributed by atoms with van der Waals surface area (Å²) < 4.78 is 33.0. The van der Waals surface area contributed by atoms with Crippen molar-refractivity contribution < 1.29 is 43.5 Å². The monoisotopic (exact) mass is 882 g/mol. The quantitative estimate of drug-likeness (QED) is 0.0787. The Morgan fingerprint density at radius 1 is 0.646 bits per heavy atom. The molecular formula is C50H54N6O9. The van der Waals surface area contributed by atoms with Gasteiger partial charge >= 0.3 is 11.9 Å². The van der Waals surface area contributed by atoms with E-state index in [1.54, 1.807) is 55.0 Å². The van der Waals surface area contributed by atoms with Gasteiger partial charge in [0.2, 0.25) is 0 Å². The Bertz CT molecular complexity index is 2790.